The highest BCUT2D eigenvalue weighted by molar-refractivity contribution is 6.07. The van der Waals surface area contributed by atoms with E-state index in [0.717, 1.165) is 24.2 Å². The van der Waals surface area contributed by atoms with E-state index in [2.05, 4.69) is 20.3 Å². The van der Waals surface area contributed by atoms with Crippen molar-refractivity contribution in [1.82, 2.24) is 15.0 Å². The Morgan fingerprint density at radius 2 is 2.04 bits per heavy atom. The highest BCUT2D eigenvalue weighted by atomic mass is 16.5. The molecule has 0 aromatic carbocycles. The first-order valence-corrected chi connectivity index (χ1v) is 8.43. The normalized spacial score (nSPS) is 23.8. The minimum absolute atomic E-state index is 0.127. The summed E-state index contributed by atoms with van der Waals surface area (Å²) in [7, 11) is 1.58. The van der Waals surface area contributed by atoms with Crippen LogP contribution in [0.15, 0.2) is 30.6 Å². The molecular formula is C18H21N5O2. The number of hydrogen-bond donors (Lipinski definition) is 1. The molecule has 1 aliphatic heterocycles. The van der Waals surface area contributed by atoms with Crippen LogP contribution in [0.25, 0.3) is 0 Å². The number of fused-ring (bicyclic) bond motifs is 1. The predicted molar refractivity (Wildman–Crippen MR) is 93.8 cm³/mol. The molecule has 3 heterocycles. The van der Waals surface area contributed by atoms with Crippen LogP contribution >= 0.6 is 0 Å². The molecule has 4 rings (SSSR count). The van der Waals surface area contributed by atoms with Gasteiger partial charge in [0.2, 0.25) is 17.7 Å². The van der Waals surface area contributed by atoms with Crippen molar-refractivity contribution in [3.63, 3.8) is 0 Å². The summed E-state index contributed by atoms with van der Waals surface area (Å²) in [6.07, 6.45) is 5.10. The van der Waals surface area contributed by atoms with Gasteiger partial charge in [0, 0.05) is 36.1 Å². The van der Waals surface area contributed by atoms with E-state index in [1.54, 1.807) is 25.6 Å². The summed E-state index contributed by atoms with van der Waals surface area (Å²) < 4.78 is 5.11. The quantitative estimate of drug-likeness (QED) is 0.919. The maximum atomic E-state index is 12.9. The highest BCUT2D eigenvalue weighted by Gasteiger charge is 2.50. The first kappa shape index (κ1) is 15.8. The summed E-state index contributed by atoms with van der Waals surface area (Å²) in [5, 5.41) is 3.31. The lowest BCUT2D eigenvalue weighted by molar-refractivity contribution is -0.122. The van der Waals surface area contributed by atoms with E-state index in [1.807, 2.05) is 30.9 Å². The third-order valence-corrected chi connectivity index (χ3v) is 5.09. The lowest BCUT2D eigenvalue weighted by atomic mass is 9.84. The second kappa shape index (κ2) is 5.68. The van der Waals surface area contributed by atoms with E-state index in [9.17, 15) is 4.79 Å². The second-order valence-electron chi connectivity index (χ2n) is 7.06. The fourth-order valence-corrected chi connectivity index (χ4v) is 3.55. The van der Waals surface area contributed by atoms with Crippen molar-refractivity contribution < 1.29 is 9.53 Å². The summed E-state index contributed by atoms with van der Waals surface area (Å²) in [6, 6.07) is 6.00. The summed E-state index contributed by atoms with van der Waals surface area (Å²) in [5.74, 6) is 2.01. The van der Waals surface area contributed by atoms with Crippen molar-refractivity contribution in [3.05, 3.63) is 36.2 Å². The molecule has 2 aromatic rings. The molecule has 1 amide bonds. The Labute approximate surface area is 146 Å². The van der Waals surface area contributed by atoms with E-state index in [1.165, 1.54) is 0 Å². The van der Waals surface area contributed by atoms with Crippen LogP contribution in [0.3, 0.4) is 0 Å². The Kier molecular flexibility index (Phi) is 3.59. The lowest BCUT2D eigenvalue weighted by Gasteiger charge is -2.41. The summed E-state index contributed by atoms with van der Waals surface area (Å²) in [4.78, 5) is 27.7. The molecule has 1 saturated carbocycles. The van der Waals surface area contributed by atoms with Crippen LogP contribution in [0.2, 0.25) is 0 Å². The third-order valence-electron chi connectivity index (χ3n) is 5.09. The van der Waals surface area contributed by atoms with Gasteiger partial charge < -0.3 is 10.1 Å². The molecule has 0 saturated heterocycles. The molecular weight excluding hydrogens is 318 g/mol. The molecule has 1 aliphatic carbocycles. The molecule has 2 aromatic heterocycles. The summed E-state index contributed by atoms with van der Waals surface area (Å²) in [5.41, 5.74) is 0.491. The number of ether oxygens (including phenoxy) is 1. The van der Waals surface area contributed by atoms with Gasteiger partial charge in [0.1, 0.15) is 5.82 Å². The molecule has 2 aliphatic rings. The Morgan fingerprint density at radius 1 is 1.24 bits per heavy atom. The predicted octanol–water partition coefficient (Wildman–Crippen LogP) is 2.15. The zero-order valence-electron chi connectivity index (χ0n) is 14.6. The minimum atomic E-state index is -0.516. The Hall–Kier alpha value is -2.70. The molecule has 1 fully saturated rings. The van der Waals surface area contributed by atoms with Gasteiger partial charge in [-0.3, -0.25) is 9.69 Å². The highest BCUT2D eigenvalue weighted by Crippen LogP contribution is 2.44. The van der Waals surface area contributed by atoms with Crippen LogP contribution in [0.4, 0.5) is 11.8 Å². The number of carbonyl (C=O) groups is 1. The van der Waals surface area contributed by atoms with Gasteiger partial charge in [0.15, 0.2) is 0 Å². The number of methoxy groups -OCH3 is 1. The number of amides is 1. The standard InChI is InChI=1S/C18H21N5O2/c1-18(2)13-5-4-7-19-15(13)23(16(18)24)12-9-11(10-12)21-17-20-8-6-14(22-17)25-3/h4-8,11-12H,9-10H2,1-3H3,(H,20,21,22)/t11-,12-. The van der Waals surface area contributed by atoms with Crippen LogP contribution in [-0.4, -0.2) is 40.1 Å². The second-order valence-corrected chi connectivity index (χ2v) is 7.06. The van der Waals surface area contributed by atoms with Crippen LogP contribution in [0.1, 0.15) is 32.3 Å². The molecule has 0 radical (unpaired) electrons. The fraction of sp³-hybridized carbons (Fsp3) is 0.444. The van der Waals surface area contributed by atoms with E-state index in [0.29, 0.717) is 11.8 Å². The summed E-state index contributed by atoms with van der Waals surface area (Å²) >= 11 is 0. The third kappa shape index (κ3) is 2.50. The van der Waals surface area contributed by atoms with Gasteiger partial charge >= 0.3 is 0 Å². The van der Waals surface area contributed by atoms with Gasteiger partial charge in [0.25, 0.3) is 0 Å². The molecule has 0 spiro atoms. The number of nitrogens with zero attached hydrogens (tertiary/aromatic N) is 4. The zero-order valence-corrected chi connectivity index (χ0v) is 14.6. The maximum absolute atomic E-state index is 12.9. The van der Waals surface area contributed by atoms with E-state index in [4.69, 9.17) is 4.74 Å². The number of carbonyl (C=O) groups excluding carboxylic acids is 1. The number of hydrogen-bond acceptors (Lipinski definition) is 6. The first-order chi connectivity index (χ1) is 12.0. The van der Waals surface area contributed by atoms with Crippen molar-refractivity contribution in [3.8, 4) is 5.88 Å². The van der Waals surface area contributed by atoms with Crippen LogP contribution in [-0.2, 0) is 10.2 Å². The first-order valence-electron chi connectivity index (χ1n) is 8.43. The van der Waals surface area contributed by atoms with Crippen LogP contribution in [0.5, 0.6) is 5.88 Å². The maximum Gasteiger partial charge on any atom is 0.238 e. The SMILES string of the molecule is COc1ccnc(N[C@H]2C[C@H](N3C(=O)C(C)(C)c4cccnc43)C2)n1. The van der Waals surface area contributed by atoms with E-state index in [-0.39, 0.29) is 18.0 Å². The Balaban J connectivity index is 1.46. The van der Waals surface area contributed by atoms with Gasteiger partial charge in [-0.25, -0.2) is 9.97 Å². The number of rotatable bonds is 4. The van der Waals surface area contributed by atoms with Gasteiger partial charge in [-0.05, 0) is 32.8 Å². The van der Waals surface area contributed by atoms with Crippen molar-refractivity contribution in [2.24, 2.45) is 0 Å². The van der Waals surface area contributed by atoms with Crippen LogP contribution < -0.4 is 15.0 Å². The summed E-state index contributed by atoms with van der Waals surface area (Å²) in [6.45, 7) is 3.93. The smallest absolute Gasteiger partial charge is 0.238 e. The largest absolute Gasteiger partial charge is 0.481 e. The average Bonchev–Trinajstić information content (AvgIpc) is 2.78. The van der Waals surface area contributed by atoms with Gasteiger partial charge in [-0.15, -0.1) is 0 Å². The zero-order chi connectivity index (χ0) is 17.6. The number of pyridine rings is 1. The van der Waals surface area contributed by atoms with Crippen molar-refractivity contribution in [2.75, 3.05) is 17.3 Å². The Bertz CT molecular complexity index is 817. The number of nitrogens with one attached hydrogen (secondary N) is 1. The molecule has 7 heteroatoms. The number of anilines is 2. The lowest BCUT2D eigenvalue weighted by Crippen LogP contribution is -2.53. The molecule has 0 bridgehead atoms. The number of aromatic nitrogens is 3. The van der Waals surface area contributed by atoms with Crippen molar-refractivity contribution in [1.29, 1.82) is 0 Å². The molecule has 0 unspecified atom stereocenters. The molecule has 7 nitrogen and oxygen atoms in total. The molecule has 1 N–H and O–H groups in total. The average molecular weight is 339 g/mol. The van der Waals surface area contributed by atoms with Gasteiger partial charge in [-0.2, -0.15) is 4.98 Å². The van der Waals surface area contributed by atoms with Crippen molar-refractivity contribution >= 4 is 17.7 Å². The fourth-order valence-electron chi connectivity index (χ4n) is 3.55. The molecule has 0 atom stereocenters. The van der Waals surface area contributed by atoms with E-state index < -0.39 is 5.41 Å². The van der Waals surface area contributed by atoms with Gasteiger partial charge in [-0.1, -0.05) is 6.07 Å². The van der Waals surface area contributed by atoms with Gasteiger partial charge in [0.05, 0.1) is 12.5 Å². The van der Waals surface area contributed by atoms with Crippen molar-refractivity contribution in [2.45, 2.75) is 44.2 Å². The minimum Gasteiger partial charge on any atom is -0.481 e. The van der Waals surface area contributed by atoms with E-state index >= 15 is 0 Å². The Morgan fingerprint density at radius 3 is 2.80 bits per heavy atom. The molecule has 130 valence electrons. The monoisotopic (exact) mass is 339 g/mol. The molecule has 25 heavy (non-hydrogen) atoms. The topological polar surface area (TPSA) is 80.2 Å². The van der Waals surface area contributed by atoms with Crippen LogP contribution in [0, 0.1) is 0 Å².